The Balaban J connectivity index is 1.97. The Morgan fingerprint density at radius 1 is 1.24 bits per heavy atom. The van der Waals surface area contributed by atoms with Crippen LogP contribution in [-0.4, -0.2) is 17.1 Å². The van der Waals surface area contributed by atoms with Gasteiger partial charge in [0.1, 0.15) is 5.75 Å². The van der Waals surface area contributed by atoms with Gasteiger partial charge in [-0.25, -0.2) is 0 Å². The van der Waals surface area contributed by atoms with Gasteiger partial charge in [0.2, 0.25) is 0 Å². The maximum Gasteiger partial charge on any atom is 0.265 e. The van der Waals surface area contributed by atoms with Crippen molar-refractivity contribution in [2.75, 3.05) is 5.32 Å². The lowest BCUT2D eigenvalue weighted by atomic mass is 10.2. The van der Waals surface area contributed by atoms with Crippen LogP contribution in [0.15, 0.2) is 48.5 Å². The highest BCUT2D eigenvalue weighted by Crippen LogP contribution is 2.16. The zero-order valence-corrected chi connectivity index (χ0v) is 12.2. The van der Waals surface area contributed by atoms with Crippen molar-refractivity contribution in [2.45, 2.75) is 26.6 Å². The van der Waals surface area contributed by atoms with Crippen molar-refractivity contribution in [1.29, 1.82) is 0 Å². The first-order valence-electron chi connectivity index (χ1n) is 6.82. The van der Waals surface area contributed by atoms with Gasteiger partial charge in [0.15, 0.2) is 6.10 Å². The van der Waals surface area contributed by atoms with Gasteiger partial charge in [-0.15, -0.1) is 0 Å². The maximum absolute atomic E-state index is 12.1. The van der Waals surface area contributed by atoms with Crippen LogP contribution < -0.4 is 10.1 Å². The first-order chi connectivity index (χ1) is 10.1. The van der Waals surface area contributed by atoms with E-state index >= 15 is 0 Å². The molecule has 1 amide bonds. The van der Waals surface area contributed by atoms with Gasteiger partial charge in [0, 0.05) is 5.69 Å². The summed E-state index contributed by atoms with van der Waals surface area (Å²) in [5.41, 5.74) is 2.63. The van der Waals surface area contributed by atoms with Crippen LogP contribution in [0.2, 0.25) is 0 Å². The van der Waals surface area contributed by atoms with Crippen LogP contribution in [0.5, 0.6) is 5.75 Å². The number of carbonyl (C=O) groups is 1. The molecule has 4 heteroatoms. The third-order valence-electron chi connectivity index (χ3n) is 3.08. The molecular weight excluding hydrogens is 266 g/mol. The molecule has 1 unspecified atom stereocenters. The molecule has 0 radical (unpaired) electrons. The van der Waals surface area contributed by atoms with E-state index < -0.39 is 6.10 Å². The van der Waals surface area contributed by atoms with Gasteiger partial charge in [0.25, 0.3) is 5.91 Å². The van der Waals surface area contributed by atoms with E-state index in [4.69, 9.17) is 9.84 Å². The smallest absolute Gasteiger partial charge is 0.265 e. The standard InChI is InChI=1S/C17H19NO3/c1-12-6-8-15(9-7-12)18-17(20)13(2)21-16-5-3-4-14(10-16)11-19/h3-10,13,19H,11H2,1-2H3,(H,18,20). The fourth-order valence-electron chi connectivity index (χ4n) is 1.86. The number of hydrogen-bond donors (Lipinski definition) is 2. The van der Waals surface area contributed by atoms with Gasteiger partial charge >= 0.3 is 0 Å². The number of hydrogen-bond acceptors (Lipinski definition) is 3. The second-order valence-electron chi connectivity index (χ2n) is 4.92. The summed E-state index contributed by atoms with van der Waals surface area (Å²) in [5.74, 6) is 0.348. The van der Waals surface area contributed by atoms with Crippen LogP contribution in [0, 0.1) is 6.92 Å². The van der Waals surface area contributed by atoms with E-state index in [9.17, 15) is 4.79 Å². The molecule has 0 saturated carbocycles. The molecular formula is C17H19NO3. The molecule has 2 N–H and O–H groups in total. The highest BCUT2D eigenvalue weighted by Gasteiger charge is 2.14. The van der Waals surface area contributed by atoms with Gasteiger partial charge in [-0.1, -0.05) is 29.8 Å². The van der Waals surface area contributed by atoms with Crippen molar-refractivity contribution in [3.8, 4) is 5.75 Å². The molecule has 2 rings (SSSR count). The highest BCUT2D eigenvalue weighted by atomic mass is 16.5. The topological polar surface area (TPSA) is 58.6 Å². The Kier molecular flexibility index (Phi) is 4.95. The molecule has 0 bridgehead atoms. The number of aliphatic hydroxyl groups is 1. The zero-order valence-electron chi connectivity index (χ0n) is 12.2. The monoisotopic (exact) mass is 285 g/mol. The first kappa shape index (κ1) is 15.1. The number of aryl methyl sites for hydroxylation is 1. The highest BCUT2D eigenvalue weighted by molar-refractivity contribution is 5.94. The van der Waals surface area contributed by atoms with E-state index in [1.54, 1.807) is 31.2 Å². The molecule has 2 aromatic rings. The van der Waals surface area contributed by atoms with Gasteiger partial charge in [-0.2, -0.15) is 0 Å². The van der Waals surface area contributed by atoms with Crippen LogP contribution in [0.1, 0.15) is 18.1 Å². The summed E-state index contributed by atoms with van der Waals surface area (Å²) < 4.78 is 5.59. The van der Waals surface area contributed by atoms with Gasteiger partial charge in [0.05, 0.1) is 6.61 Å². The van der Waals surface area contributed by atoms with Gasteiger partial charge in [-0.05, 0) is 43.7 Å². The summed E-state index contributed by atoms with van der Waals surface area (Å²) in [7, 11) is 0. The second kappa shape index (κ2) is 6.90. The number of amides is 1. The fourth-order valence-corrected chi connectivity index (χ4v) is 1.86. The number of nitrogens with one attached hydrogen (secondary N) is 1. The molecule has 1 atom stereocenters. The van der Waals surface area contributed by atoms with E-state index in [0.717, 1.165) is 16.8 Å². The van der Waals surface area contributed by atoms with E-state index in [1.165, 1.54) is 0 Å². The lowest BCUT2D eigenvalue weighted by molar-refractivity contribution is -0.122. The molecule has 0 aliphatic heterocycles. The predicted molar refractivity (Wildman–Crippen MR) is 82.3 cm³/mol. The van der Waals surface area contributed by atoms with Crippen molar-refractivity contribution in [3.63, 3.8) is 0 Å². The lowest BCUT2D eigenvalue weighted by Crippen LogP contribution is -2.30. The summed E-state index contributed by atoms with van der Waals surface area (Å²) >= 11 is 0. The number of carbonyl (C=O) groups excluding carboxylic acids is 1. The van der Waals surface area contributed by atoms with Crippen LogP contribution in [-0.2, 0) is 11.4 Å². The minimum absolute atomic E-state index is 0.0544. The van der Waals surface area contributed by atoms with Crippen molar-refractivity contribution in [3.05, 3.63) is 59.7 Å². The van der Waals surface area contributed by atoms with Crippen molar-refractivity contribution < 1.29 is 14.6 Å². The third kappa shape index (κ3) is 4.33. The minimum atomic E-state index is -0.625. The number of aliphatic hydroxyl groups excluding tert-OH is 1. The summed E-state index contributed by atoms with van der Waals surface area (Å²) in [6, 6.07) is 14.6. The maximum atomic E-state index is 12.1. The Labute approximate surface area is 124 Å². The van der Waals surface area contributed by atoms with Crippen molar-refractivity contribution in [1.82, 2.24) is 0 Å². The quantitative estimate of drug-likeness (QED) is 0.888. The lowest BCUT2D eigenvalue weighted by Gasteiger charge is -2.15. The average Bonchev–Trinajstić information content (AvgIpc) is 2.49. The minimum Gasteiger partial charge on any atom is -0.481 e. The number of ether oxygens (including phenoxy) is 1. The molecule has 0 aliphatic rings. The molecule has 0 heterocycles. The largest absolute Gasteiger partial charge is 0.481 e. The molecule has 0 fully saturated rings. The van der Waals surface area contributed by atoms with E-state index in [2.05, 4.69) is 5.32 Å². The number of rotatable bonds is 5. The first-order valence-corrected chi connectivity index (χ1v) is 6.82. The van der Waals surface area contributed by atoms with Crippen LogP contribution in [0.25, 0.3) is 0 Å². The molecule has 21 heavy (non-hydrogen) atoms. The Bertz CT molecular complexity index is 608. The second-order valence-corrected chi connectivity index (χ2v) is 4.92. The predicted octanol–water partition coefficient (Wildman–Crippen LogP) is 2.89. The van der Waals surface area contributed by atoms with Crippen molar-refractivity contribution in [2.24, 2.45) is 0 Å². The SMILES string of the molecule is Cc1ccc(NC(=O)C(C)Oc2cccc(CO)c2)cc1. The van der Waals surface area contributed by atoms with Gasteiger partial charge < -0.3 is 15.2 Å². The van der Waals surface area contributed by atoms with Gasteiger partial charge in [-0.3, -0.25) is 4.79 Å². The molecule has 0 saturated heterocycles. The van der Waals surface area contributed by atoms with Crippen LogP contribution >= 0.6 is 0 Å². The van der Waals surface area contributed by atoms with Crippen molar-refractivity contribution >= 4 is 11.6 Å². The zero-order chi connectivity index (χ0) is 15.2. The van der Waals surface area contributed by atoms with E-state index in [0.29, 0.717) is 5.75 Å². The molecule has 0 aliphatic carbocycles. The van der Waals surface area contributed by atoms with Crippen LogP contribution in [0.3, 0.4) is 0 Å². The fraction of sp³-hybridized carbons (Fsp3) is 0.235. The summed E-state index contributed by atoms with van der Waals surface area (Å²) in [5, 5.41) is 11.9. The molecule has 2 aromatic carbocycles. The molecule has 0 spiro atoms. The van der Waals surface area contributed by atoms with E-state index in [1.807, 2.05) is 31.2 Å². The van der Waals surface area contributed by atoms with E-state index in [-0.39, 0.29) is 12.5 Å². The number of benzene rings is 2. The molecule has 110 valence electrons. The van der Waals surface area contributed by atoms with Crippen LogP contribution in [0.4, 0.5) is 5.69 Å². The summed E-state index contributed by atoms with van der Waals surface area (Å²) in [4.78, 5) is 12.1. The third-order valence-corrected chi connectivity index (χ3v) is 3.08. The Hall–Kier alpha value is -2.33. The summed E-state index contributed by atoms with van der Waals surface area (Å²) in [6.45, 7) is 3.63. The average molecular weight is 285 g/mol. The Morgan fingerprint density at radius 3 is 2.62 bits per heavy atom. The number of anilines is 1. The Morgan fingerprint density at radius 2 is 1.95 bits per heavy atom. The normalized spacial score (nSPS) is 11.8. The molecule has 0 aromatic heterocycles. The molecule has 4 nitrogen and oxygen atoms in total. The summed E-state index contributed by atoms with van der Waals surface area (Å²) in [6.07, 6.45) is -0.625.